The lowest BCUT2D eigenvalue weighted by Crippen LogP contribution is -2.53. The second kappa shape index (κ2) is 6.27. The monoisotopic (exact) mass is 311 g/mol. The largest absolute Gasteiger partial charge is 0.394 e. The average molecular weight is 312 g/mol. The summed E-state index contributed by atoms with van der Waals surface area (Å²) >= 11 is 8.08. The Labute approximate surface area is 130 Å². The number of nitrogens with one attached hydrogen (secondary N) is 1. The third-order valence-corrected chi connectivity index (χ3v) is 5.89. The third-order valence-electron chi connectivity index (χ3n) is 4.28. The first kappa shape index (κ1) is 14.7. The second-order valence-corrected chi connectivity index (χ2v) is 7.48. The fourth-order valence-corrected chi connectivity index (χ4v) is 4.36. The zero-order chi connectivity index (χ0) is 14.0. The minimum Gasteiger partial charge on any atom is -0.394 e. The number of hydrogen-bond acceptors (Lipinski definition) is 3. The van der Waals surface area contributed by atoms with E-state index in [1.54, 1.807) is 0 Å². The molecule has 1 atom stereocenters. The van der Waals surface area contributed by atoms with Gasteiger partial charge in [-0.05, 0) is 43.2 Å². The van der Waals surface area contributed by atoms with Crippen LogP contribution in [0.3, 0.4) is 0 Å². The van der Waals surface area contributed by atoms with Crippen molar-refractivity contribution in [1.82, 2.24) is 5.32 Å². The molecule has 0 aromatic heterocycles. The molecule has 2 saturated carbocycles. The van der Waals surface area contributed by atoms with E-state index in [4.69, 9.17) is 11.6 Å². The molecule has 2 fully saturated rings. The first-order valence-corrected chi connectivity index (χ1v) is 8.96. The Bertz CT molecular complexity index is 462. The van der Waals surface area contributed by atoms with Crippen LogP contribution in [0.15, 0.2) is 24.3 Å². The van der Waals surface area contributed by atoms with Gasteiger partial charge < -0.3 is 10.4 Å². The Morgan fingerprint density at radius 2 is 2.00 bits per heavy atom. The molecule has 110 valence electrons. The molecule has 2 aliphatic rings. The molecule has 0 spiro atoms. The van der Waals surface area contributed by atoms with Crippen LogP contribution in [0.2, 0.25) is 5.02 Å². The van der Waals surface area contributed by atoms with Gasteiger partial charge in [-0.2, -0.15) is 11.8 Å². The SMILES string of the molecule is OCC(CSCc1ccccc1Cl)(NC1CC1)C1CC1. The van der Waals surface area contributed by atoms with Crippen molar-refractivity contribution in [2.45, 2.75) is 43.0 Å². The minimum atomic E-state index is -0.0624. The van der Waals surface area contributed by atoms with Crippen molar-refractivity contribution >= 4 is 23.4 Å². The zero-order valence-electron chi connectivity index (χ0n) is 11.6. The molecule has 1 aromatic rings. The fourth-order valence-electron chi connectivity index (χ4n) is 2.73. The Balaban J connectivity index is 1.57. The summed E-state index contributed by atoms with van der Waals surface area (Å²) in [5.41, 5.74) is 1.13. The molecule has 0 heterocycles. The zero-order valence-corrected chi connectivity index (χ0v) is 13.2. The van der Waals surface area contributed by atoms with Gasteiger partial charge in [0.25, 0.3) is 0 Å². The van der Waals surface area contributed by atoms with Crippen LogP contribution >= 0.6 is 23.4 Å². The van der Waals surface area contributed by atoms with E-state index in [1.807, 2.05) is 30.0 Å². The summed E-state index contributed by atoms with van der Waals surface area (Å²) in [6.45, 7) is 0.254. The normalized spacial score (nSPS) is 21.7. The van der Waals surface area contributed by atoms with E-state index < -0.39 is 0 Å². The maximum atomic E-state index is 9.91. The summed E-state index contributed by atoms with van der Waals surface area (Å²) in [7, 11) is 0. The highest BCUT2D eigenvalue weighted by Gasteiger charge is 2.47. The van der Waals surface area contributed by atoms with E-state index in [-0.39, 0.29) is 12.1 Å². The lowest BCUT2D eigenvalue weighted by Gasteiger charge is -2.33. The van der Waals surface area contributed by atoms with Crippen molar-refractivity contribution < 1.29 is 5.11 Å². The molecule has 20 heavy (non-hydrogen) atoms. The Hall–Kier alpha value is -0.220. The van der Waals surface area contributed by atoms with E-state index in [2.05, 4.69) is 11.4 Å². The summed E-state index contributed by atoms with van der Waals surface area (Å²) in [5, 5.41) is 14.5. The molecule has 2 nitrogen and oxygen atoms in total. The van der Waals surface area contributed by atoms with Crippen molar-refractivity contribution in [3.05, 3.63) is 34.9 Å². The van der Waals surface area contributed by atoms with Crippen LogP contribution in [0.4, 0.5) is 0 Å². The summed E-state index contributed by atoms with van der Waals surface area (Å²) < 4.78 is 0. The molecule has 3 rings (SSSR count). The van der Waals surface area contributed by atoms with Gasteiger partial charge in [-0.3, -0.25) is 0 Å². The highest BCUT2D eigenvalue weighted by Crippen LogP contribution is 2.43. The van der Waals surface area contributed by atoms with Crippen LogP contribution in [0.5, 0.6) is 0 Å². The average Bonchev–Trinajstić information content (AvgIpc) is 3.33. The number of hydrogen-bond donors (Lipinski definition) is 2. The summed E-state index contributed by atoms with van der Waals surface area (Å²) in [6, 6.07) is 8.67. The highest BCUT2D eigenvalue weighted by atomic mass is 35.5. The van der Waals surface area contributed by atoms with Gasteiger partial charge in [0.2, 0.25) is 0 Å². The Kier molecular flexibility index (Phi) is 4.61. The van der Waals surface area contributed by atoms with Gasteiger partial charge in [-0.25, -0.2) is 0 Å². The molecule has 2 N–H and O–H groups in total. The summed E-state index contributed by atoms with van der Waals surface area (Å²) in [5.74, 6) is 2.54. The molecule has 0 radical (unpaired) electrons. The van der Waals surface area contributed by atoms with Crippen LogP contribution in [0.1, 0.15) is 31.2 Å². The third kappa shape index (κ3) is 3.51. The minimum absolute atomic E-state index is 0.0624. The molecule has 1 unspecified atom stereocenters. The van der Waals surface area contributed by atoms with Crippen LogP contribution in [0.25, 0.3) is 0 Å². The molecule has 0 saturated heterocycles. The Morgan fingerprint density at radius 1 is 1.25 bits per heavy atom. The Morgan fingerprint density at radius 3 is 2.60 bits per heavy atom. The predicted octanol–water partition coefficient (Wildman–Crippen LogP) is 3.47. The van der Waals surface area contributed by atoms with Gasteiger partial charge in [0.15, 0.2) is 0 Å². The molecular weight excluding hydrogens is 290 g/mol. The fraction of sp³-hybridized carbons (Fsp3) is 0.625. The van der Waals surface area contributed by atoms with E-state index in [1.165, 1.54) is 31.2 Å². The standard InChI is InChI=1S/C16H22ClNOS/c17-15-4-2-1-3-12(15)9-20-11-16(10-19,13-5-6-13)18-14-7-8-14/h1-4,13-14,18-19H,5-11H2. The van der Waals surface area contributed by atoms with E-state index >= 15 is 0 Å². The van der Waals surface area contributed by atoms with Gasteiger partial charge in [-0.1, -0.05) is 29.8 Å². The van der Waals surface area contributed by atoms with E-state index in [0.29, 0.717) is 12.0 Å². The summed E-state index contributed by atoms with van der Waals surface area (Å²) in [6.07, 6.45) is 5.05. The molecule has 0 bridgehead atoms. The molecule has 0 amide bonds. The number of aliphatic hydroxyl groups is 1. The van der Waals surface area contributed by atoms with Crippen LogP contribution < -0.4 is 5.32 Å². The quantitative estimate of drug-likeness (QED) is 0.771. The number of aliphatic hydroxyl groups excluding tert-OH is 1. The van der Waals surface area contributed by atoms with Gasteiger partial charge in [0.05, 0.1) is 12.1 Å². The molecule has 1 aromatic carbocycles. The van der Waals surface area contributed by atoms with E-state index in [0.717, 1.165) is 16.5 Å². The predicted molar refractivity (Wildman–Crippen MR) is 86.3 cm³/mol. The lowest BCUT2D eigenvalue weighted by molar-refractivity contribution is 0.157. The first-order valence-electron chi connectivity index (χ1n) is 7.43. The number of halogens is 1. The molecule has 0 aliphatic heterocycles. The summed E-state index contributed by atoms with van der Waals surface area (Å²) in [4.78, 5) is 0. The van der Waals surface area contributed by atoms with Gasteiger partial charge >= 0.3 is 0 Å². The van der Waals surface area contributed by atoms with Gasteiger partial charge in [0, 0.05) is 22.6 Å². The van der Waals surface area contributed by atoms with Crippen molar-refractivity contribution in [3.63, 3.8) is 0 Å². The maximum absolute atomic E-state index is 9.91. The highest BCUT2D eigenvalue weighted by molar-refractivity contribution is 7.98. The van der Waals surface area contributed by atoms with Crippen molar-refractivity contribution in [2.75, 3.05) is 12.4 Å². The van der Waals surface area contributed by atoms with Crippen LogP contribution in [-0.4, -0.2) is 29.0 Å². The molecular formula is C16H22ClNOS. The maximum Gasteiger partial charge on any atom is 0.0624 e. The van der Waals surface area contributed by atoms with Crippen LogP contribution in [0, 0.1) is 5.92 Å². The number of benzene rings is 1. The van der Waals surface area contributed by atoms with Crippen molar-refractivity contribution in [1.29, 1.82) is 0 Å². The van der Waals surface area contributed by atoms with Crippen molar-refractivity contribution in [2.24, 2.45) is 5.92 Å². The molecule has 2 aliphatic carbocycles. The van der Waals surface area contributed by atoms with Gasteiger partial charge in [-0.15, -0.1) is 0 Å². The molecule has 4 heteroatoms. The number of rotatable bonds is 8. The lowest BCUT2D eigenvalue weighted by atomic mass is 9.96. The first-order chi connectivity index (χ1) is 9.73. The smallest absolute Gasteiger partial charge is 0.0624 e. The topological polar surface area (TPSA) is 32.3 Å². The second-order valence-electron chi connectivity index (χ2n) is 6.09. The van der Waals surface area contributed by atoms with Crippen LogP contribution in [-0.2, 0) is 5.75 Å². The van der Waals surface area contributed by atoms with Gasteiger partial charge in [0.1, 0.15) is 0 Å². The van der Waals surface area contributed by atoms with Crippen molar-refractivity contribution in [3.8, 4) is 0 Å². The number of thioether (sulfide) groups is 1. The van der Waals surface area contributed by atoms with E-state index in [9.17, 15) is 5.11 Å².